The Balaban J connectivity index is 0.00000256. The van der Waals surface area contributed by atoms with Crippen molar-refractivity contribution in [3.63, 3.8) is 0 Å². The van der Waals surface area contributed by atoms with Gasteiger partial charge in [0.2, 0.25) is 0 Å². The number of aliphatic imine (C=N–C) groups is 1. The standard InChI is InChI=1S/C22H31N5O2.HI/c1-15-5-7-26(13-19(15)27-8-6-24-14-27)22(23-3)25-12-18-11-21-17(9-16(2)29-21)10-20(18)28-4;/h6,8,10-11,14-16,19H,5,7,9,12-13H2,1-4H3,(H,23,25);1H. The third kappa shape index (κ3) is 4.68. The number of ether oxygens (including phenoxy) is 2. The van der Waals surface area contributed by atoms with Crippen LogP contribution in [-0.2, 0) is 13.0 Å². The van der Waals surface area contributed by atoms with Crippen molar-refractivity contribution in [3.05, 3.63) is 42.0 Å². The van der Waals surface area contributed by atoms with Gasteiger partial charge in [0.1, 0.15) is 17.6 Å². The Morgan fingerprint density at radius 3 is 2.90 bits per heavy atom. The molecule has 3 unspecified atom stereocenters. The van der Waals surface area contributed by atoms with Crippen LogP contribution in [0.2, 0.25) is 0 Å². The van der Waals surface area contributed by atoms with E-state index in [4.69, 9.17) is 9.47 Å². The average Bonchev–Trinajstić information content (AvgIpc) is 3.37. The molecule has 7 nitrogen and oxygen atoms in total. The van der Waals surface area contributed by atoms with E-state index >= 15 is 0 Å². The van der Waals surface area contributed by atoms with E-state index in [1.807, 2.05) is 19.6 Å². The molecule has 164 valence electrons. The highest BCUT2D eigenvalue weighted by Crippen LogP contribution is 2.35. The van der Waals surface area contributed by atoms with Gasteiger partial charge in [-0.3, -0.25) is 4.99 Å². The zero-order valence-electron chi connectivity index (χ0n) is 18.2. The van der Waals surface area contributed by atoms with Crippen molar-refractivity contribution < 1.29 is 9.47 Å². The van der Waals surface area contributed by atoms with E-state index in [2.05, 4.69) is 56.9 Å². The molecule has 3 atom stereocenters. The average molecular weight is 525 g/mol. The fourth-order valence-electron chi connectivity index (χ4n) is 4.41. The van der Waals surface area contributed by atoms with Crippen LogP contribution < -0.4 is 14.8 Å². The van der Waals surface area contributed by atoms with Crippen LogP contribution in [0.3, 0.4) is 0 Å². The van der Waals surface area contributed by atoms with Crippen LogP contribution in [0.15, 0.2) is 35.8 Å². The van der Waals surface area contributed by atoms with Gasteiger partial charge in [-0.05, 0) is 31.4 Å². The number of piperidine rings is 1. The summed E-state index contributed by atoms with van der Waals surface area (Å²) in [6, 6.07) is 4.61. The van der Waals surface area contributed by atoms with Crippen LogP contribution in [0, 0.1) is 5.92 Å². The predicted octanol–water partition coefficient (Wildman–Crippen LogP) is 3.49. The summed E-state index contributed by atoms with van der Waals surface area (Å²) in [7, 11) is 3.57. The summed E-state index contributed by atoms with van der Waals surface area (Å²) in [5.74, 6) is 3.39. The molecule has 2 aromatic rings. The fourth-order valence-corrected chi connectivity index (χ4v) is 4.41. The summed E-state index contributed by atoms with van der Waals surface area (Å²) in [4.78, 5) is 11.1. The number of aromatic nitrogens is 2. The molecule has 3 heterocycles. The topological polar surface area (TPSA) is 63.9 Å². The highest BCUT2D eigenvalue weighted by Gasteiger charge is 2.29. The molecule has 0 spiro atoms. The first-order chi connectivity index (χ1) is 14.1. The maximum Gasteiger partial charge on any atom is 0.193 e. The van der Waals surface area contributed by atoms with E-state index in [9.17, 15) is 0 Å². The second-order valence-corrected chi connectivity index (χ2v) is 8.09. The lowest BCUT2D eigenvalue weighted by Gasteiger charge is -2.39. The molecule has 4 rings (SSSR count). The summed E-state index contributed by atoms with van der Waals surface area (Å²) in [6.07, 6.45) is 8.09. The van der Waals surface area contributed by atoms with Gasteiger partial charge in [-0.15, -0.1) is 24.0 Å². The smallest absolute Gasteiger partial charge is 0.193 e. The Hall–Kier alpha value is -1.97. The maximum atomic E-state index is 5.93. The zero-order chi connectivity index (χ0) is 20.4. The normalized spacial score (nSPS) is 23.4. The molecular formula is C22H32IN5O2. The summed E-state index contributed by atoms with van der Waals surface area (Å²) < 4.78 is 13.8. The lowest BCUT2D eigenvalue weighted by atomic mass is 9.93. The molecule has 1 N–H and O–H groups in total. The molecule has 0 radical (unpaired) electrons. The lowest BCUT2D eigenvalue weighted by Crippen LogP contribution is -2.48. The summed E-state index contributed by atoms with van der Waals surface area (Å²) in [5.41, 5.74) is 2.30. The first-order valence-electron chi connectivity index (χ1n) is 10.4. The number of rotatable bonds is 4. The third-order valence-electron chi connectivity index (χ3n) is 6.07. The minimum absolute atomic E-state index is 0. The summed E-state index contributed by atoms with van der Waals surface area (Å²) in [6.45, 7) is 6.96. The third-order valence-corrected chi connectivity index (χ3v) is 6.07. The van der Waals surface area contributed by atoms with Crippen LogP contribution in [0.1, 0.15) is 37.4 Å². The molecule has 0 bridgehead atoms. The van der Waals surface area contributed by atoms with Crippen LogP contribution in [0.25, 0.3) is 0 Å². The van der Waals surface area contributed by atoms with Gasteiger partial charge in [0, 0.05) is 56.6 Å². The molecule has 30 heavy (non-hydrogen) atoms. The maximum absolute atomic E-state index is 5.93. The van der Waals surface area contributed by atoms with Crippen LogP contribution >= 0.6 is 24.0 Å². The van der Waals surface area contributed by atoms with Gasteiger partial charge in [-0.1, -0.05) is 6.92 Å². The van der Waals surface area contributed by atoms with E-state index in [1.165, 1.54) is 5.56 Å². The molecule has 2 aliphatic heterocycles. The van der Waals surface area contributed by atoms with E-state index < -0.39 is 0 Å². The van der Waals surface area contributed by atoms with Crippen molar-refractivity contribution in [1.82, 2.24) is 19.8 Å². The molecule has 1 aromatic heterocycles. The fraction of sp³-hybridized carbons (Fsp3) is 0.545. The number of hydrogen-bond donors (Lipinski definition) is 1. The SMILES string of the molecule is CN=C(NCc1cc2c(cc1OC)CC(C)O2)N1CCC(C)C(n2ccnc2)C1.I. The van der Waals surface area contributed by atoms with Gasteiger partial charge in [-0.2, -0.15) is 0 Å². The Labute approximate surface area is 195 Å². The number of methoxy groups -OCH3 is 1. The van der Waals surface area contributed by atoms with Crippen molar-refractivity contribution in [2.75, 3.05) is 27.2 Å². The van der Waals surface area contributed by atoms with E-state index in [1.54, 1.807) is 7.11 Å². The van der Waals surface area contributed by atoms with Crippen molar-refractivity contribution in [2.24, 2.45) is 10.9 Å². The van der Waals surface area contributed by atoms with Crippen LogP contribution in [0.4, 0.5) is 0 Å². The van der Waals surface area contributed by atoms with Crippen LogP contribution in [0.5, 0.6) is 11.5 Å². The zero-order valence-corrected chi connectivity index (χ0v) is 20.5. The highest BCUT2D eigenvalue weighted by atomic mass is 127. The number of halogens is 1. The Kier molecular flexibility index (Phi) is 7.49. The van der Waals surface area contributed by atoms with Gasteiger partial charge in [0.15, 0.2) is 5.96 Å². The Bertz CT molecular complexity index is 871. The first kappa shape index (κ1) is 22.7. The van der Waals surface area contributed by atoms with Crippen molar-refractivity contribution in [1.29, 1.82) is 0 Å². The van der Waals surface area contributed by atoms with E-state index in [0.29, 0.717) is 18.5 Å². The number of hydrogen-bond acceptors (Lipinski definition) is 4. The number of guanidine groups is 1. The number of fused-ring (bicyclic) bond motifs is 1. The highest BCUT2D eigenvalue weighted by molar-refractivity contribution is 14.0. The van der Waals surface area contributed by atoms with Crippen molar-refractivity contribution >= 4 is 29.9 Å². The van der Waals surface area contributed by atoms with Crippen molar-refractivity contribution in [3.8, 4) is 11.5 Å². The van der Waals surface area contributed by atoms with Crippen LogP contribution in [-0.4, -0.2) is 53.8 Å². The van der Waals surface area contributed by atoms with Gasteiger partial charge in [0.25, 0.3) is 0 Å². The quantitative estimate of drug-likeness (QED) is 0.376. The summed E-state index contributed by atoms with van der Waals surface area (Å²) in [5, 5.41) is 3.53. The number of likely N-dealkylation sites (tertiary alicyclic amines) is 1. The van der Waals surface area contributed by atoms with Gasteiger partial charge < -0.3 is 24.3 Å². The Morgan fingerprint density at radius 1 is 1.37 bits per heavy atom. The summed E-state index contributed by atoms with van der Waals surface area (Å²) >= 11 is 0. The Morgan fingerprint density at radius 2 is 2.20 bits per heavy atom. The predicted molar refractivity (Wildman–Crippen MR) is 129 cm³/mol. The molecule has 0 aliphatic carbocycles. The second-order valence-electron chi connectivity index (χ2n) is 8.09. The molecule has 1 fully saturated rings. The first-order valence-corrected chi connectivity index (χ1v) is 10.4. The molecule has 8 heteroatoms. The molecular weight excluding hydrogens is 493 g/mol. The molecule has 0 saturated carbocycles. The largest absolute Gasteiger partial charge is 0.496 e. The molecule has 0 amide bonds. The number of benzene rings is 1. The van der Waals surface area contributed by atoms with Gasteiger partial charge >= 0.3 is 0 Å². The number of nitrogens with zero attached hydrogens (tertiary/aromatic N) is 4. The molecule has 1 saturated heterocycles. The number of imidazole rings is 1. The monoisotopic (exact) mass is 525 g/mol. The van der Waals surface area contributed by atoms with Crippen molar-refractivity contribution in [2.45, 2.75) is 45.4 Å². The molecule has 1 aromatic carbocycles. The minimum atomic E-state index is 0. The second kappa shape index (κ2) is 9.89. The van der Waals surface area contributed by atoms with E-state index in [0.717, 1.165) is 49.0 Å². The van der Waals surface area contributed by atoms with E-state index in [-0.39, 0.29) is 30.1 Å². The van der Waals surface area contributed by atoms with Gasteiger partial charge in [0.05, 0.1) is 19.5 Å². The van der Waals surface area contributed by atoms with Gasteiger partial charge in [-0.25, -0.2) is 4.98 Å². The lowest BCUT2D eigenvalue weighted by molar-refractivity contribution is 0.189. The number of nitrogens with one attached hydrogen (secondary N) is 1. The molecule has 2 aliphatic rings. The minimum Gasteiger partial charge on any atom is -0.496 e.